The van der Waals surface area contributed by atoms with Crippen molar-refractivity contribution in [3.8, 4) is 11.5 Å². The van der Waals surface area contributed by atoms with Gasteiger partial charge in [0.15, 0.2) is 11.5 Å². The number of hydrogen-bond donors (Lipinski definition) is 1. The summed E-state index contributed by atoms with van der Waals surface area (Å²) in [7, 11) is -3.65. The maximum Gasteiger partial charge on any atom is 0.243 e. The van der Waals surface area contributed by atoms with E-state index in [0.29, 0.717) is 57.2 Å². The molecule has 0 saturated carbocycles. The van der Waals surface area contributed by atoms with Crippen LogP contribution < -0.4 is 14.8 Å². The van der Waals surface area contributed by atoms with Gasteiger partial charge in [-0.2, -0.15) is 4.31 Å². The number of amides is 1. The number of benzene rings is 2. The molecule has 188 valence electrons. The normalized spacial score (nSPS) is 20.1. The minimum Gasteiger partial charge on any atom is -0.486 e. The van der Waals surface area contributed by atoms with Gasteiger partial charge in [0.2, 0.25) is 15.9 Å². The second-order valence-corrected chi connectivity index (χ2v) is 11.5. The lowest BCUT2D eigenvalue weighted by Gasteiger charge is -2.34. The van der Waals surface area contributed by atoms with Crippen molar-refractivity contribution in [2.45, 2.75) is 43.7 Å². The van der Waals surface area contributed by atoms with Crippen LogP contribution in [0.3, 0.4) is 0 Å². The Morgan fingerprint density at radius 2 is 1.74 bits per heavy atom. The number of nitrogens with one attached hydrogen (secondary N) is 1. The molecule has 0 bridgehead atoms. The average molecular weight is 500 g/mol. The predicted molar refractivity (Wildman–Crippen MR) is 132 cm³/mol. The fourth-order valence-corrected chi connectivity index (χ4v) is 6.59. The Kier molecular flexibility index (Phi) is 7.00. The maximum absolute atomic E-state index is 13.2. The van der Waals surface area contributed by atoms with E-state index in [1.54, 1.807) is 12.1 Å². The lowest BCUT2D eigenvalue weighted by Crippen LogP contribution is -2.47. The van der Waals surface area contributed by atoms with Crippen LogP contribution in [-0.2, 0) is 27.8 Å². The zero-order chi connectivity index (χ0) is 24.4. The molecule has 1 N–H and O–H groups in total. The van der Waals surface area contributed by atoms with E-state index in [0.717, 1.165) is 19.5 Å². The molecule has 1 amide bonds. The number of sulfonamides is 1. The van der Waals surface area contributed by atoms with Crippen LogP contribution in [0.15, 0.2) is 47.4 Å². The zero-order valence-electron chi connectivity index (χ0n) is 20.1. The molecule has 9 heteroatoms. The van der Waals surface area contributed by atoms with E-state index in [1.165, 1.54) is 21.5 Å². The SMILES string of the molecule is CC(CNC(=O)C1CCN(S(=O)(=O)c2ccc3c(c2)OCCO3)CC1)N1CCc2ccccc2C1. The van der Waals surface area contributed by atoms with Gasteiger partial charge in [0, 0.05) is 50.7 Å². The molecule has 5 rings (SSSR count). The van der Waals surface area contributed by atoms with Crippen LogP contribution in [0, 0.1) is 5.92 Å². The fraction of sp³-hybridized carbons (Fsp3) is 0.500. The second kappa shape index (κ2) is 10.2. The Morgan fingerprint density at radius 3 is 2.51 bits per heavy atom. The van der Waals surface area contributed by atoms with E-state index in [2.05, 4.69) is 41.4 Å². The first kappa shape index (κ1) is 24.1. The minimum absolute atomic E-state index is 0.0191. The van der Waals surface area contributed by atoms with E-state index in [-0.39, 0.29) is 22.8 Å². The van der Waals surface area contributed by atoms with Crippen molar-refractivity contribution in [1.29, 1.82) is 0 Å². The van der Waals surface area contributed by atoms with Gasteiger partial charge in [-0.25, -0.2) is 8.42 Å². The summed E-state index contributed by atoms with van der Waals surface area (Å²) in [5, 5.41) is 3.11. The maximum atomic E-state index is 13.2. The molecule has 2 aromatic rings. The highest BCUT2D eigenvalue weighted by molar-refractivity contribution is 7.89. The first-order chi connectivity index (χ1) is 16.9. The van der Waals surface area contributed by atoms with Gasteiger partial charge in [0.1, 0.15) is 13.2 Å². The van der Waals surface area contributed by atoms with E-state index < -0.39 is 10.0 Å². The van der Waals surface area contributed by atoms with Crippen LogP contribution in [0.4, 0.5) is 0 Å². The van der Waals surface area contributed by atoms with Crippen LogP contribution >= 0.6 is 0 Å². The van der Waals surface area contributed by atoms with E-state index in [1.807, 2.05) is 0 Å². The quantitative estimate of drug-likeness (QED) is 0.657. The molecule has 35 heavy (non-hydrogen) atoms. The smallest absolute Gasteiger partial charge is 0.243 e. The van der Waals surface area contributed by atoms with Gasteiger partial charge in [-0.05, 0) is 49.4 Å². The molecule has 0 aromatic heterocycles. The van der Waals surface area contributed by atoms with Crippen LogP contribution in [0.5, 0.6) is 11.5 Å². The first-order valence-corrected chi connectivity index (χ1v) is 13.8. The summed E-state index contributed by atoms with van der Waals surface area (Å²) in [6.45, 7) is 6.15. The number of nitrogens with zero attached hydrogens (tertiary/aromatic N) is 2. The summed E-state index contributed by atoms with van der Waals surface area (Å²) < 4.78 is 38.8. The van der Waals surface area contributed by atoms with Crippen LogP contribution in [-0.4, -0.2) is 69.0 Å². The summed E-state index contributed by atoms with van der Waals surface area (Å²) in [5.74, 6) is 0.869. The van der Waals surface area contributed by atoms with Crippen LogP contribution in [0.2, 0.25) is 0 Å². The molecule has 1 atom stereocenters. The minimum atomic E-state index is -3.65. The molecule has 0 aliphatic carbocycles. The van der Waals surface area contributed by atoms with Gasteiger partial charge in [-0.15, -0.1) is 0 Å². The molecule has 8 nitrogen and oxygen atoms in total. The zero-order valence-corrected chi connectivity index (χ0v) is 20.9. The second-order valence-electron chi connectivity index (χ2n) is 9.57. The monoisotopic (exact) mass is 499 g/mol. The Morgan fingerprint density at radius 1 is 1.03 bits per heavy atom. The molecular formula is C26H33N3O5S. The lowest BCUT2D eigenvalue weighted by molar-refractivity contribution is -0.126. The van der Waals surface area contributed by atoms with Crippen molar-refractivity contribution in [2.24, 2.45) is 5.92 Å². The molecule has 0 radical (unpaired) electrons. The van der Waals surface area contributed by atoms with Crippen LogP contribution in [0.1, 0.15) is 30.9 Å². The van der Waals surface area contributed by atoms with Gasteiger partial charge in [-0.1, -0.05) is 24.3 Å². The molecule has 0 spiro atoms. The van der Waals surface area contributed by atoms with Crippen molar-refractivity contribution in [3.63, 3.8) is 0 Å². The molecule has 1 unspecified atom stereocenters. The average Bonchev–Trinajstić information content (AvgIpc) is 2.91. The lowest BCUT2D eigenvalue weighted by atomic mass is 9.97. The fourth-order valence-electron chi connectivity index (χ4n) is 5.11. The Balaban J connectivity index is 1.12. The van der Waals surface area contributed by atoms with Crippen molar-refractivity contribution in [3.05, 3.63) is 53.6 Å². The summed E-state index contributed by atoms with van der Waals surface area (Å²) in [5.41, 5.74) is 2.78. The summed E-state index contributed by atoms with van der Waals surface area (Å²) in [4.78, 5) is 15.4. The molecule has 3 heterocycles. The van der Waals surface area contributed by atoms with Crippen molar-refractivity contribution in [1.82, 2.24) is 14.5 Å². The number of piperidine rings is 1. The van der Waals surface area contributed by atoms with Crippen LogP contribution in [0.25, 0.3) is 0 Å². The van der Waals surface area contributed by atoms with Crippen molar-refractivity contribution in [2.75, 3.05) is 39.4 Å². The molecule has 1 fully saturated rings. The molecule has 1 saturated heterocycles. The number of carbonyl (C=O) groups excluding carboxylic acids is 1. The highest BCUT2D eigenvalue weighted by Crippen LogP contribution is 2.34. The van der Waals surface area contributed by atoms with E-state index in [9.17, 15) is 13.2 Å². The summed E-state index contributed by atoms with van der Waals surface area (Å²) in [6.07, 6.45) is 2.06. The third-order valence-electron chi connectivity index (χ3n) is 7.33. The number of ether oxygens (including phenoxy) is 2. The van der Waals surface area contributed by atoms with Crippen molar-refractivity contribution < 1.29 is 22.7 Å². The van der Waals surface area contributed by atoms with E-state index >= 15 is 0 Å². The predicted octanol–water partition coefficient (Wildman–Crippen LogP) is 2.42. The highest BCUT2D eigenvalue weighted by atomic mass is 32.2. The van der Waals surface area contributed by atoms with E-state index in [4.69, 9.17) is 9.47 Å². The summed E-state index contributed by atoms with van der Waals surface area (Å²) in [6, 6.07) is 13.5. The third kappa shape index (κ3) is 5.17. The topological polar surface area (TPSA) is 88.2 Å². The standard InChI is InChI=1S/C26H33N3O5S/c1-19(28-11-8-20-4-2-3-5-22(20)18-28)17-27-26(30)21-9-12-29(13-10-21)35(31,32)23-6-7-24-25(16-23)34-15-14-33-24/h2-7,16,19,21H,8-15,17-18H2,1H3,(H,27,30). The Hall–Kier alpha value is -2.62. The Bertz CT molecular complexity index is 1180. The van der Waals surface area contributed by atoms with Crippen molar-refractivity contribution >= 4 is 15.9 Å². The van der Waals surface area contributed by atoms with Gasteiger partial charge in [0.25, 0.3) is 0 Å². The van der Waals surface area contributed by atoms with Gasteiger partial charge in [-0.3, -0.25) is 9.69 Å². The number of hydrogen-bond acceptors (Lipinski definition) is 6. The Labute approximate surface area is 207 Å². The largest absolute Gasteiger partial charge is 0.486 e. The number of rotatable bonds is 6. The highest BCUT2D eigenvalue weighted by Gasteiger charge is 2.33. The van der Waals surface area contributed by atoms with Gasteiger partial charge < -0.3 is 14.8 Å². The first-order valence-electron chi connectivity index (χ1n) is 12.4. The number of fused-ring (bicyclic) bond motifs is 2. The van der Waals surface area contributed by atoms with Gasteiger partial charge >= 0.3 is 0 Å². The van der Waals surface area contributed by atoms with Gasteiger partial charge in [0.05, 0.1) is 4.90 Å². The molecule has 3 aliphatic rings. The molecular weight excluding hydrogens is 466 g/mol. The third-order valence-corrected chi connectivity index (χ3v) is 9.23. The number of carbonyl (C=O) groups is 1. The summed E-state index contributed by atoms with van der Waals surface area (Å²) >= 11 is 0. The molecule has 2 aromatic carbocycles. The molecule has 3 aliphatic heterocycles.